The molecule has 2 aromatic carbocycles. The number of benzene rings is 2. The average molecular weight is 342 g/mol. The third-order valence-corrected chi connectivity index (χ3v) is 5.93. The van der Waals surface area contributed by atoms with Crippen LogP contribution in [0.3, 0.4) is 0 Å². The van der Waals surface area contributed by atoms with Crippen molar-refractivity contribution in [2.75, 3.05) is 0 Å². The van der Waals surface area contributed by atoms with Crippen molar-refractivity contribution in [3.63, 3.8) is 0 Å². The molecule has 122 valence electrons. The number of thiophene rings is 1. The molecule has 4 aromatic rings. The van der Waals surface area contributed by atoms with Crippen LogP contribution in [0.1, 0.15) is 24.0 Å². The molecule has 5 rings (SSSR count). The fourth-order valence-corrected chi connectivity index (χ4v) is 4.65. The molecule has 2 aromatic heterocycles. The normalized spacial score (nSPS) is 15.6. The maximum absolute atomic E-state index is 6.51. The summed E-state index contributed by atoms with van der Waals surface area (Å²) in [7, 11) is 0. The van der Waals surface area contributed by atoms with Gasteiger partial charge in [-0.3, -0.25) is 0 Å². The fourth-order valence-electron chi connectivity index (χ4n) is 3.92. The van der Waals surface area contributed by atoms with E-state index in [1.807, 2.05) is 0 Å². The van der Waals surface area contributed by atoms with Gasteiger partial charge in [0.15, 0.2) is 0 Å². The predicted octanol–water partition coefficient (Wildman–Crippen LogP) is 7.00. The highest BCUT2D eigenvalue weighted by Crippen LogP contribution is 2.50. The van der Waals surface area contributed by atoms with Crippen LogP contribution in [0, 0.1) is 0 Å². The Kier molecular flexibility index (Phi) is 3.39. The highest BCUT2D eigenvalue weighted by atomic mass is 32.1. The van der Waals surface area contributed by atoms with E-state index in [2.05, 4.69) is 79.0 Å². The van der Waals surface area contributed by atoms with Gasteiger partial charge in [-0.05, 0) is 34.9 Å². The summed E-state index contributed by atoms with van der Waals surface area (Å²) < 4.78 is 6.51. The summed E-state index contributed by atoms with van der Waals surface area (Å²) in [4.78, 5) is 1.21. The zero-order valence-electron chi connectivity index (χ0n) is 14.0. The van der Waals surface area contributed by atoms with Crippen LogP contribution in [0.15, 0.2) is 76.5 Å². The van der Waals surface area contributed by atoms with Crippen molar-refractivity contribution < 1.29 is 4.42 Å². The number of fused-ring (bicyclic) bond motifs is 3. The van der Waals surface area contributed by atoms with Crippen molar-refractivity contribution in [1.29, 1.82) is 0 Å². The fraction of sp³-hybridized carbons (Fsp3) is 0.130. The third-order valence-electron chi connectivity index (χ3n) is 5.06. The minimum atomic E-state index is 0.503. The second kappa shape index (κ2) is 5.75. The molecule has 1 unspecified atom stereocenters. The second-order valence-electron chi connectivity index (χ2n) is 6.65. The molecule has 1 atom stereocenters. The number of hydrogen-bond acceptors (Lipinski definition) is 2. The standard InChI is InChI=1S/C23H18OS/c1-15-14-19-21(18-11-6-5-10-17(15)18)22(16-8-3-2-4-9-16)24-23(19)20-12-7-13-25-20/h2-13,15H,14H2,1H3. The molecule has 0 N–H and O–H groups in total. The van der Waals surface area contributed by atoms with E-state index < -0.39 is 0 Å². The van der Waals surface area contributed by atoms with E-state index in [4.69, 9.17) is 4.42 Å². The molecule has 25 heavy (non-hydrogen) atoms. The van der Waals surface area contributed by atoms with Gasteiger partial charge in [0.1, 0.15) is 11.5 Å². The van der Waals surface area contributed by atoms with Gasteiger partial charge in [-0.15, -0.1) is 11.3 Å². The van der Waals surface area contributed by atoms with Crippen LogP contribution < -0.4 is 0 Å². The number of furan rings is 1. The smallest absolute Gasteiger partial charge is 0.148 e. The van der Waals surface area contributed by atoms with Gasteiger partial charge in [-0.25, -0.2) is 0 Å². The van der Waals surface area contributed by atoms with E-state index in [0.29, 0.717) is 5.92 Å². The molecule has 2 heterocycles. The Hall–Kier alpha value is -2.58. The Morgan fingerprint density at radius 3 is 2.48 bits per heavy atom. The van der Waals surface area contributed by atoms with Gasteiger partial charge in [0, 0.05) is 16.7 Å². The first kappa shape index (κ1) is 14.7. The Bertz CT molecular complexity index is 1030. The first-order chi connectivity index (χ1) is 12.3. The van der Waals surface area contributed by atoms with Gasteiger partial charge in [0.2, 0.25) is 0 Å². The van der Waals surface area contributed by atoms with Crippen LogP contribution >= 0.6 is 11.3 Å². The van der Waals surface area contributed by atoms with Crippen molar-refractivity contribution >= 4 is 11.3 Å². The second-order valence-corrected chi connectivity index (χ2v) is 7.60. The highest BCUT2D eigenvalue weighted by molar-refractivity contribution is 7.13. The minimum Gasteiger partial charge on any atom is -0.454 e. The lowest BCUT2D eigenvalue weighted by atomic mass is 9.79. The van der Waals surface area contributed by atoms with Crippen LogP contribution in [-0.4, -0.2) is 0 Å². The molecular weight excluding hydrogens is 324 g/mol. The zero-order valence-corrected chi connectivity index (χ0v) is 14.8. The molecule has 0 fully saturated rings. The minimum absolute atomic E-state index is 0.503. The van der Waals surface area contributed by atoms with Gasteiger partial charge < -0.3 is 4.42 Å². The van der Waals surface area contributed by atoms with Crippen LogP contribution in [0.25, 0.3) is 33.1 Å². The summed E-state index contributed by atoms with van der Waals surface area (Å²) in [5.41, 5.74) is 6.52. The van der Waals surface area contributed by atoms with Crippen molar-refractivity contribution in [2.24, 2.45) is 0 Å². The van der Waals surface area contributed by atoms with Gasteiger partial charge in [0.05, 0.1) is 4.88 Å². The van der Waals surface area contributed by atoms with Gasteiger partial charge >= 0.3 is 0 Å². The monoisotopic (exact) mass is 342 g/mol. The third kappa shape index (κ3) is 2.29. The number of rotatable bonds is 2. The van der Waals surface area contributed by atoms with Gasteiger partial charge in [-0.2, -0.15) is 0 Å². The molecule has 0 spiro atoms. The van der Waals surface area contributed by atoms with Crippen LogP contribution in [0.2, 0.25) is 0 Å². The summed E-state index contributed by atoms with van der Waals surface area (Å²) in [5.74, 6) is 2.55. The van der Waals surface area contributed by atoms with E-state index in [0.717, 1.165) is 23.5 Å². The molecule has 0 saturated heterocycles. The maximum Gasteiger partial charge on any atom is 0.148 e. The number of hydrogen-bond donors (Lipinski definition) is 0. The van der Waals surface area contributed by atoms with Crippen LogP contribution in [-0.2, 0) is 6.42 Å². The summed E-state index contributed by atoms with van der Waals surface area (Å²) in [6.45, 7) is 2.31. The van der Waals surface area contributed by atoms with Crippen molar-refractivity contribution in [3.8, 4) is 33.1 Å². The Labute approximate surface area is 151 Å². The van der Waals surface area contributed by atoms with Gasteiger partial charge in [-0.1, -0.05) is 67.6 Å². The van der Waals surface area contributed by atoms with Crippen LogP contribution in [0.5, 0.6) is 0 Å². The van der Waals surface area contributed by atoms with E-state index in [1.165, 1.54) is 27.1 Å². The van der Waals surface area contributed by atoms with Crippen LogP contribution in [0.4, 0.5) is 0 Å². The lowest BCUT2D eigenvalue weighted by Gasteiger charge is -2.23. The summed E-state index contributed by atoms with van der Waals surface area (Å²) in [5, 5.41) is 2.12. The molecule has 1 nitrogen and oxygen atoms in total. The first-order valence-electron chi connectivity index (χ1n) is 8.67. The van der Waals surface area contributed by atoms with E-state index in [9.17, 15) is 0 Å². The molecular formula is C23H18OS. The lowest BCUT2D eigenvalue weighted by Crippen LogP contribution is -2.07. The van der Waals surface area contributed by atoms with E-state index in [-0.39, 0.29) is 0 Å². The summed E-state index contributed by atoms with van der Waals surface area (Å²) >= 11 is 1.75. The van der Waals surface area contributed by atoms with E-state index >= 15 is 0 Å². The quantitative estimate of drug-likeness (QED) is 0.382. The summed E-state index contributed by atoms with van der Waals surface area (Å²) in [6, 6.07) is 23.5. The molecule has 0 radical (unpaired) electrons. The Balaban J connectivity index is 1.84. The molecule has 1 aliphatic carbocycles. The SMILES string of the molecule is CC1Cc2c(-c3cccs3)oc(-c3ccccc3)c2-c2ccccc21. The Morgan fingerprint density at radius 1 is 0.880 bits per heavy atom. The largest absolute Gasteiger partial charge is 0.454 e. The Morgan fingerprint density at radius 2 is 1.68 bits per heavy atom. The average Bonchev–Trinajstić information content (AvgIpc) is 3.30. The lowest BCUT2D eigenvalue weighted by molar-refractivity contribution is 0.595. The summed E-state index contributed by atoms with van der Waals surface area (Å²) in [6.07, 6.45) is 1.02. The molecule has 0 amide bonds. The molecule has 0 saturated carbocycles. The van der Waals surface area contributed by atoms with Crippen molar-refractivity contribution in [2.45, 2.75) is 19.3 Å². The molecule has 2 heteroatoms. The molecule has 1 aliphatic rings. The van der Waals surface area contributed by atoms with Gasteiger partial charge in [0.25, 0.3) is 0 Å². The topological polar surface area (TPSA) is 13.1 Å². The first-order valence-corrected chi connectivity index (χ1v) is 9.55. The molecule has 0 bridgehead atoms. The zero-order chi connectivity index (χ0) is 16.8. The highest BCUT2D eigenvalue weighted by Gasteiger charge is 2.31. The van der Waals surface area contributed by atoms with Crippen molar-refractivity contribution in [1.82, 2.24) is 0 Å². The molecule has 0 aliphatic heterocycles. The van der Waals surface area contributed by atoms with E-state index in [1.54, 1.807) is 11.3 Å². The predicted molar refractivity (Wildman–Crippen MR) is 105 cm³/mol. The maximum atomic E-state index is 6.51. The van der Waals surface area contributed by atoms with Crippen molar-refractivity contribution in [3.05, 3.63) is 83.2 Å².